The number of hydrogen-bond acceptors (Lipinski definition) is 9. The van der Waals surface area contributed by atoms with Crippen LogP contribution >= 0.6 is 0 Å². The number of fused-ring (bicyclic) bond motifs is 1. The van der Waals surface area contributed by atoms with E-state index >= 15 is 0 Å². The molecular formula is C37H46N6O8S. The number of nitrogens with one attached hydrogen (secondary N) is 4. The average molecular weight is 735 g/mol. The van der Waals surface area contributed by atoms with Crippen LogP contribution < -0.4 is 20.9 Å². The summed E-state index contributed by atoms with van der Waals surface area (Å²) in [6.07, 6.45) is 3.79. The van der Waals surface area contributed by atoms with Gasteiger partial charge in [-0.15, -0.1) is 6.58 Å². The van der Waals surface area contributed by atoms with Crippen LogP contribution in [0.3, 0.4) is 0 Å². The first-order chi connectivity index (χ1) is 24.7. The first kappa shape index (κ1) is 38.2. The predicted molar refractivity (Wildman–Crippen MR) is 195 cm³/mol. The molecule has 1 saturated heterocycles. The lowest BCUT2D eigenvalue weighted by atomic mass is 9.87. The number of likely N-dealkylation sites (tertiary alicyclic amines) is 1. The van der Waals surface area contributed by atoms with Gasteiger partial charge in [0.25, 0.3) is 11.5 Å². The lowest BCUT2D eigenvalue weighted by molar-refractivity contribution is -0.139. The van der Waals surface area contributed by atoms with E-state index in [4.69, 9.17) is 4.74 Å². The molecule has 2 heterocycles. The third-order valence-electron chi connectivity index (χ3n) is 9.43. The Balaban J connectivity index is 1.09. The number of benzene rings is 2. The van der Waals surface area contributed by atoms with Gasteiger partial charge >= 0.3 is 6.09 Å². The maximum atomic E-state index is 13.3. The van der Waals surface area contributed by atoms with Crippen molar-refractivity contribution in [3.05, 3.63) is 77.1 Å². The molecule has 5 rings (SSSR count). The third kappa shape index (κ3) is 9.63. The minimum absolute atomic E-state index is 0.0781. The first-order valence-electron chi connectivity index (χ1n) is 17.4. The highest BCUT2D eigenvalue weighted by Gasteiger charge is 2.40. The zero-order valence-corrected chi connectivity index (χ0v) is 30.5. The zero-order valence-electron chi connectivity index (χ0n) is 29.6. The summed E-state index contributed by atoms with van der Waals surface area (Å²) in [5.41, 5.74) is 2.71. The number of carbonyl (C=O) groups excluding carboxylic acids is 4. The van der Waals surface area contributed by atoms with E-state index in [-0.39, 0.29) is 18.7 Å². The average Bonchev–Trinajstić information content (AvgIpc) is 3.88. The van der Waals surface area contributed by atoms with Gasteiger partial charge in [-0.2, -0.15) is 0 Å². The molecule has 4 amide bonds. The van der Waals surface area contributed by atoms with E-state index in [2.05, 4.69) is 31.9 Å². The monoisotopic (exact) mass is 734 g/mol. The summed E-state index contributed by atoms with van der Waals surface area (Å²) in [5.74, 6) is -2.55. The molecule has 52 heavy (non-hydrogen) atoms. The molecule has 1 aromatic heterocycles. The number of aromatic nitrogens is 2. The van der Waals surface area contributed by atoms with Gasteiger partial charge in [-0.3, -0.25) is 23.9 Å². The van der Waals surface area contributed by atoms with Gasteiger partial charge in [-0.1, -0.05) is 57.2 Å². The number of aryl methyl sites for hydroxylation is 1. The molecule has 2 aliphatic rings. The van der Waals surface area contributed by atoms with Gasteiger partial charge in [0.15, 0.2) is 0 Å². The fraction of sp³-hybridized carbons (Fsp3) is 0.459. The van der Waals surface area contributed by atoms with Gasteiger partial charge in [0, 0.05) is 18.0 Å². The number of nitrogens with zero attached hydrogens (tertiary/aromatic N) is 2. The van der Waals surface area contributed by atoms with E-state index in [0.29, 0.717) is 60.8 Å². The van der Waals surface area contributed by atoms with E-state index in [1.165, 1.54) is 11.0 Å². The molecule has 1 aliphatic heterocycles. The van der Waals surface area contributed by atoms with Gasteiger partial charge in [0.05, 0.1) is 22.9 Å². The van der Waals surface area contributed by atoms with Gasteiger partial charge in [-0.05, 0) is 67.7 Å². The van der Waals surface area contributed by atoms with E-state index in [0.717, 1.165) is 5.56 Å². The van der Waals surface area contributed by atoms with Crippen molar-refractivity contribution in [2.24, 2.45) is 11.3 Å². The highest BCUT2D eigenvalue weighted by Crippen LogP contribution is 2.28. The van der Waals surface area contributed by atoms with E-state index < -0.39 is 69.0 Å². The number of H-pyrrole nitrogens is 1. The first-order valence-corrected chi connectivity index (χ1v) is 19.0. The molecular weight excluding hydrogens is 689 g/mol. The Morgan fingerprint density at radius 3 is 2.60 bits per heavy atom. The summed E-state index contributed by atoms with van der Waals surface area (Å²) in [4.78, 5) is 73.4. The van der Waals surface area contributed by atoms with E-state index in [1.807, 2.05) is 56.3 Å². The Bertz CT molecular complexity index is 2010. The molecule has 3 atom stereocenters. The van der Waals surface area contributed by atoms with Gasteiger partial charge < -0.3 is 25.3 Å². The van der Waals surface area contributed by atoms with Crippen molar-refractivity contribution in [2.45, 2.75) is 76.6 Å². The van der Waals surface area contributed by atoms with Crippen molar-refractivity contribution in [3.63, 3.8) is 0 Å². The van der Waals surface area contributed by atoms with Crippen LogP contribution in [0.2, 0.25) is 0 Å². The molecule has 0 radical (unpaired) electrons. The molecule has 0 spiro atoms. The van der Waals surface area contributed by atoms with Crippen LogP contribution in [0.5, 0.6) is 0 Å². The number of para-hydroxylation sites is 2. The molecule has 1 aliphatic carbocycles. The number of alkyl carbamates (subject to hydrolysis) is 1. The Labute approximate surface area is 302 Å². The standard InChI is InChI=1S/C37H46N6O8S/c1-5-23(2)31(35(47)42-52(49,50)26-15-16-26)41-33(45)29-14-9-19-43(29)30(44)21-38-36(48)51-22-37(3,4)18-17-24-10-8-11-25(20-24)32-34(46)40-28-13-7-6-12-27(28)39-32/h5-8,10-13,20,23,26,29,31H,1,9,14-19,21-22H2,2-4H3,(H,38,48)(H,40,46)(H,41,45)(H,42,47). The number of carbonyl (C=O) groups is 4. The van der Waals surface area contributed by atoms with Crippen LogP contribution in [0.25, 0.3) is 22.3 Å². The van der Waals surface area contributed by atoms with Crippen molar-refractivity contribution in [3.8, 4) is 11.3 Å². The van der Waals surface area contributed by atoms with Gasteiger partial charge in [-0.25, -0.2) is 18.2 Å². The van der Waals surface area contributed by atoms with Crippen LogP contribution in [0.4, 0.5) is 4.79 Å². The summed E-state index contributed by atoms with van der Waals surface area (Å²) in [6.45, 7) is 9.16. The van der Waals surface area contributed by atoms with Crippen LogP contribution in [-0.2, 0) is 35.6 Å². The quantitative estimate of drug-likeness (QED) is 0.170. The molecule has 0 bridgehead atoms. The van der Waals surface area contributed by atoms with Crippen molar-refractivity contribution in [2.75, 3.05) is 19.7 Å². The molecule has 4 N–H and O–H groups in total. The van der Waals surface area contributed by atoms with Crippen LogP contribution in [0, 0.1) is 11.3 Å². The van der Waals surface area contributed by atoms with Gasteiger partial charge in [0.2, 0.25) is 21.8 Å². The Hall–Kier alpha value is -5.05. The van der Waals surface area contributed by atoms with Crippen molar-refractivity contribution < 1.29 is 32.3 Å². The lowest BCUT2D eigenvalue weighted by Crippen LogP contribution is -2.56. The van der Waals surface area contributed by atoms with E-state index in [1.54, 1.807) is 13.0 Å². The van der Waals surface area contributed by atoms with Crippen LogP contribution in [0.1, 0.15) is 58.4 Å². The topological polar surface area (TPSA) is 197 Å². The van der Waals surface area contributed by atoms with Crippen molar-refractivity contribution in [1.29, 1.82) is 0 Å². The van der Waals surface area contributed by atoms with Crippen LogP contribution in [0.15, 0.2) is 66.0 Å². The molecule has 14 nitrogen and oxygen atoms in total. The highest BCUT2D eigenvalue weighted by molar-refractivity contribution is 7.90. The fourth-order valence-electron chi connectivity index (χ4n) is 6.04. The summed E-state index contributed by atoms with van der Waals surface area (Å²) in [5, 5.41) is 4.47. The second-order valence-electron chi connectivity index (χ2n) is 14.3. The second kappa shape index (κ2) is 16.1. The SMILES string of the molecule is C=CC(C)C(NC(=O)C1CCCN1C(=O)CNC(=O)OCC(C)(C)CCc1cccc(-c2nc3ccccc3[nH]c2=O)c1)C(=O)NS(=O)(=O)C1CC1. The molecule has 15 heteroatoms. The Kier molecular flexibility index (Phi) is 11.8. The van der Waals surface area contributed by atoms with Crippen LogP contribution in [-0.4, -0.2) is 84.1 Å². The molecule has 278 valence electrons. The Morgan fingerprint density at radius 2 is 1.87 bits per heavy atom. The highest BCUT2D eigenvalue weighted by atomic mass is 32.2. The van der Waals surface area contributed by atoms with Gasteiger partial charge in [0.1, 0.15) is 24.3 Å². The largest absolute Gasteiger partial charge is 0.449 e. The molecule has 2 fully saturated rings. The number of ether oxygens (including phenoxy) is 1. The second-order valence-corrected chi connectivity index (χ2v) is 16.2. The summed E-state index contributed by atoms with van der Waals surface area (Å²) >= 11 is 0. The maximum Gasteiger partial charge on any atom is 0.407 e. The van der Waals surface area contributed by atoms with Crippen molar-refractivity contribution in [1.82, 2.24) is 30.2 Å². The zero-order chi connectivity index (χ0) is 37.6. The number of sulfonamides is 1. The number of aromatic amines is 1. The number of amides is 4. The maximum absolute atomic E-state index is 13.3. The molecule has 1 saturated carbocycles. The third-order valence-corrected chi connectivity index (χ3v) is 11.3. The minimum Gasteiger partial charge on any atom is -0.449 e. The summed E-state index contributed by atoms with van der Waals surface area (Å²) in [6, 6.07) is 12.9. The molecule has 2 aromatic carbocycles. The number of rotatable bonds is 15. The summed E-state index contributed by atoms with van der Waals surface area (Å²) < 4.78 is 32.2. The van der Waals surface area contributed by atoms with Crippen molar-refractivity contribution >= 4 is 44.9 Å². The minimum atomic E-state index is -3.83. The lowest BCUT2D eigenvalue weighted by Gasteiger charge is -2.28. The Morgan fingerprint density at radius 1 is 1.12 bits per heavy atom. The molecule has 3 aromatic rings. The smallest absolute Gasteiger partial charge is 0.407 e. The number of hydrogen-bond donors (Lipinski definition) is 4. The van der Waals surface area contributed by atoms with E-state index in [9.17, 15) is 32.4 Å². The fourth-order valence-corrected chi connectivity index (χ4v) is 7.37. The predicted octanol–water partition coefficient (Wildman–Crippen LogP) is 3.18. The summed E-state index contributed by atoms with van der Waals surface area (Å²) in [7, 11) is -3.83. The normalized spacial score (nSPS) is 17.2. The molecule has 3 unspecified atom stereocenters.